The molecule has 1 aliphatic heterocycles. The summed E-state index contributed by atoms with van der Waals surface area (Å²) in [4.78, 5) is 11.8. The molecule has 3 N–H and O–H groups in total. The van der Waals surface area contributed by atoms with Gasteiger partial charge >= 0.3 is 0 Å². The normalized spacial score (nSPS) is 17.4. The number of nitrogens with one attached hydrogen (secondary N) is 1. The van der Waals surface area contributed by atoms with Gasteiger partial charge in [0.05, 0.1) is 18.9 Å². The van der Waals surface area contributed by atoms with Crippen molar-refractivity contribution in [3.8, 4) is 5.75 Å². The van der Waals surface area contributed by atoms with Gasteiger partial charge in [0.15, 0.2) is 0 Å². The third kappa shape index (κ3) is 4.58. The van der Waals surface area contributed by atoms with E-state index < -0.39 is 0 Å². The largest absolute Gasteiger partial charge is 0.495 e. The molecule has 1 aromatic rings. The summed E-state index contributed by atoms with van der Waals surface area (Å²) in [6, 6.07) is 5.22. The second-order valence-corrected chi connectivity index (χ2v) is 4.68. The highest BCUT2D eigenvalue weighted by Crippen LogP contribution is 2.25. The van der Waals surface area contributed by atoms with Crippen molar-refractivity contribution in [1.29, 1.82) is 0 Å². The van der Waals surface area contributed by atoms with E-state index in [0.29, 0.717) is 23.5 Å². The molecule has 1 heterocycles. The van der Waals surface area contributed by atoms with Gasteiger partial charge in [0.1, 0.15) is 5.75 Å². The molecule has 0 aliphatic carbocycles. The Hall–Kier alpha value is -1.46. The lowest BCUT2D eigenvalue weighted by atomic mass is 10.1. The second kappa shape index (κ2) is 7.97. The van der Waals surface area contributed by atoms with Gasteiger partial charge in [-0.15, -0.1) is 12.4 Å². The molecule has 2 rings (SSSR count). The molecule has 0 saturated carbocycles. The SMILES string of the molecule is COc1ccc(NC(=O)CCC2CCCO2)cc1N.Cl. The maximum atomic E-state index is 11.8. The molecule has 112 valence electrons. The van der Waals surface area contributed by atoms with Crippen LogP contribution in [-0.2, 0) is 9.53 Å². The number of anilines is 2. The Morgan fingerprint density at radius 1 is 1.55 bits per heavy atom. The number of rotatable bonds is 5. The number of amides is 1. The maximum absolute atomic E-state index is 11.8. The van der Waals surface area contributed by atoms with Gasteiger partial charge in [-0.2, -0.15) is 0 Å². The highest BCUT2D eigenvalue weighted by molar-refractivity contribution is 5.91. The zero-order valence-corrected chi connectivity index (χ0v) is 12.4. The Labute approximate surface area is 125 Å². The van der Waals surface area contributed by atoms with E-state index in [1.54, 1.807) is 25.3 Å². The quantitative estimate of drug-likeness (QED) is 0.820. The fourth-order valence-corrected chi connectivity index (χ4v) is 2.20. The lowest BCUT2D eigenvalue weighted by Gasteiger charge is -2.10. The number of hydrogen-bond donors (Lipinski definition) is 2. The topological polar surface area (TPSA) is 73.6 Å². The fraction of sp³-hybridized carbons (Fsp3) is 0.500. The standard InChI is InChI=1S/C14H20N2O3.ClH/c1-18-13-6-4-10(9-12(13)15)16-14(17)7-5-11-3-2-8-19-11;/h4,6,9,11H,2-3,5,7-8,15H2,1H3,(H,16,17);1H. The summed E-state index contributed by atoms with van der Waals surface area (Å²) >= 11 is 0. The Morgan fingerprint density at radius 2 is 2.35 bits per heavy atom. The van der Waals surface area contributed by atoms with Crippen LogP contribution in [0.15, 0.2) is 18.2 Å². The minimum atomic E-state index is -0.0138. The Kier molecular flexibility index (Phi) is 6.61. The first-order valence-corrected chi connectivity index (χ1v) is 6.54. The highest BCUT2D eigenvalue weighted by Gasteiger charge is 2.16. The van der Waals surface area contributed by atoms with Crippen LogP contribution in [0.25, 0.3) is 0 Å². The number of nitrogen functional groups attached to an aromatic ring is 1. The zero-order valence-electron chi connectivity index (χ0n) is 11.6. The van der Waals surface area contributed by atoms with Crippen LogP contribution in [0.3, 0.4) is 0 Å². The summed E-state index contributed by atoms with van der Waals surface area (Å²) in [5.74, 6) is 0.595. The number of nitrogens with two attached hydrogens (primary N) is 1. The Bertz CT molecular complexity index is 448. The smallest absolute Gasteiger partial charge is 0.224 e. The van der Waals surface area contributed by atoms with Crippen molar-refractivity contribution < 1.29 is 14.3 Å². The number of hydrogen-bond acceptors (Lipinski definition) is 4. The van der Waals surface area contributed by atoms with Crippen LogP contribution in [0, 0.1) is 0 Å². The van der Waals surface area contributed by atoms with E-state index >= 15 is 0 Å². The molecule has 1 unspecified atom stereocenters. The Balaban J connectivity index is 0.00000200. The molecule has 0 radical (unpaired) electrons. The molecule has 1 aliphatic rings. The number of benzene rings is 1. The predicted octanol–water partition coefficient (Wildman–Crippen LogP) is 2.60. The third-order valence-electron chi connectivity index (χ3n) is 3.23. The van der Waals surface area contributed by atoms with Crippen molar-refractivity contribution in [2.75, 3.05) is 24.8 Å². The number of ether oxygens (including phenoxy) is 2. The molecule has 1 amide bonds. The number of carbonyl (C=O) groups is 1. The van der Waals surface area contributed by atoms with Crippen LogP contribution in [0.4, 0.5) is 11.4 Å². The molecule has 0 aromatic heterocycles. The summed E-state index contributed by atoms with van der Waals surface area (Å²) in [5.41, 5.74) is 6.99. The van der Waals surface area contributed by atoms with E-state index in [2.05, 4.69) is 5.32 Å². The van der Waals surface area contributed by atoms with Gasteiger partial charge in [-0.05, 0) is 37.5 Å². The molecule has 5 nitrogen and oxygen atoms in total. The van der Waals surface area contributed by atoms with Gasteiger partial charge in [-0.25, -0.2) is 0 Å². The van der Waals surface area contributed by atoms with Crippen LogP contribution in [0.1, 0.15) is 25.7 Å². The van der Waals surface area contributed by atoms with Gasteiger partial charge < -0.3 is 20.5 Å². The van der Waals surface area contributed by atoms with Crippen molar-refractivity contribution in [2.24, 2.45) is 0 Å². The molecule has 1 atom stereocenters. The third-order valence-corrected chi connectivity index (χ3v) is 3.23. The van der Waals surface area contributed by atoms with E-state index in [1.165, 1.54) is 0 Å². The monoisotopic (exact) mass is 300 g/mol. The summed E-state index contributed by atoms with van der Waals surface area (Å²) in [7, 11) is 1.56. The summed E-state index contributed by atoms with van der Waals surface area (Å²) in [6.07, 6.45) is 3.64. The van der Waals surface area contributed by atoms with Crippen molar-refractivity contribution >= 4 is 29.7 Å². The molecular weight excluding hydrogens is 280 g/mol. The maximum Gasteiger partial charge on any atom is 0.224 e. The first-order chi connectivity index (χ1) is 9.19. The van der Waals surface area contributed by atoms with E-state index in [1.807, 2.05) is 0 Å². The fourth-order valence-electron chi connectivity index (χ4n) is 2.20. The average molecular weight is 301 g/mol. The molecular formula is C14H21ClN2O3. The van der Waals surface area contributed by atoms with E-state index in [-0.39, 0.29) is 24.4 Å². The van der Waals surface area contributed by atoms with Crippen LogP contribution in [0.2, 0.25) is 0 Å². The van der Waals surface area contributed by atoms with Gasteiger partial charge in [0, 0.05) is 18.7 Å². The minimum Gasteiger partial charge on any atom is -0.495 e. The van der Waals surface area contributed by atoms with Gasteiger partial charge in [0.25, 0.3) is 0 Å². The first-order valence-electron chi connectivity index (χ1n) is 6.54. The van der Waals surface area contributed by atoms with Crippen LogP contribution in [-0.4, -0.2) is 25.7 Å². The molecule has 1 saturated heterocycles. The lowest BCUT2D eigenvalue weighted by molar-refractivity contribution is -0.116. The van der Waals surface area contributed by atoms with Crippen LogP contribution in [0.5, 0.6) is 5.75 Å². The summed E-state index contributed by atoms with van der Waals surface area (Å²) in [5, 5.41) is 2.83. The average Bonchev–Trinajstić information content (AvgIpc) is 2.90. The van der Waals surface area contributed by atoms with E-state index in [9.17, 15) is 4.79 Å². The van der Waals surface area contributed by atoms with Crippen molar-refractivity contribution in [3.05, 3.63) is 18.2 Å². The molecule has 0 bridgehead atoms. The zero-order chi connectivity index (χ0) is 13.7. The van der Waals surface area contributed by atoms with Gasteiger partial charge in [-0.1, -0.05) is 0 Å². The first kappa shape index (κ1) is 16.6. The number of halogens is 1. The molecule has 6 heteroatoms. The van der Waals surface area contributed by atoms with Gasteiger partial charge in [0.2, 0.25) is 5.91 Å². The van der Waals surface area contributed by atoms with Crippen LogP contribution >= 0.6 is 12.4 Å². The van der Waals surface area contributed by atoms with Crippen molar-refractivity contribution in [3.63, 3.8) is 0 Å². The lowest BCUT2D eigenvalue weighted by Crippen LogP contribution is -2.15. The predicted molar refractivity (Wildman–Crippen MR) is 81.5 cm³/mol. The van der Waals surface area contributed by atoms with Crippen molar-refractivity contribution in [1.82, 2.24) is 0 Å². The molecule has 1 aromatic carbocycles. The van der Waals surface area contributed by atoms with E-state index in [4.69, 9.17) is 15.2 Å². The number of carbonyl (C=O) groups excluding carboxylic acids is 1. The van der Waals surface area contributed by atoms with Crippen LogP contribution < -0.4 is 15.8 Å². The summed E-state index contributed by atoms with van der Waals surface area (Å²) in [6.45, 7) is 0.821. The van der Waals surface area contributed by atoms with Crippen molar-refractivity contribution in [2.45, 2.75) is 31.8 Å². The molecule has 20 heavy (non-hydrogen) atoms. The molecule has 0 spiro atoms. The summed E-state index contributed by atoms with van der Waals surface area (Å²) < 4.78 is 10.6. The second-order valence-electron chi connectivity index (χ2n) is 4.68. The Morgan fingerprint density at radius 3 is 2.95 bits per heavy atom. The number of methoxy groups -OCH3 is 1. The minimum absolute atomic E-state index is 0. The van der Waals surface area contributed by atoms with E-state index in [0.717, 1.165) is 25.9 Å². The highest BCUT2D eigenvalue weighted by atomic mass is 35.5. The molecule has 1 fully saturated rings. The van der Waals surface area contributed by atoms with Gasteiger partial charge in [-0.3, -0.25) is 4.79 Å².